The molecule has 0 amide bonds. The molecular formula is C15H20N4O2S2. The molecule has 2 aromatic heterocycles. The molecule has 124 valence electrons. The number of ether oxygens (including phenoxy) is 1. The minimum absolute atomic E-state index is 0.191. The van der Waals surface area contributed by atoms with Crippen LogP contribution in [0, 0.1) is 0 Å². The maximum Gasteiger partial charge on any atom is 0.316 e. The van der Waals surface area contributed by atoms with Gasteiger partial charge < -0.3 is 10.5 Å². The summed E-state index contributed by atoms with van der Waals surface area (Å²) in [6.07, 6.45) is 2.16. The number of hydrogen-bond acceptors (Lipinski definition) is 8. The highest BCUT2D eigenvalue weighted by molar-refractivity contribution is 7.99. The Morgan fingerprint density at radius 2 is 2.30 bits per heavy atom. The second kappa shape index (κ2) is 7.02. The zero-order valence-electron chi connectivity index (χ0n) is 13.3. The first-order valence-corrected chi connectivity index (χ1v) is 9.42. The number of anilines is 1. The first-order valence-electron chi connectivity index (χ1n) is 7.62. The second-order valence-corrected chi connectivity index (χ2v) is 7.49. The van der Waals surface area contributed by atoms with Crippen LogP contribution >= 0.6 is 23.1 Å². The van der Waals surface area contributed by atoms with Crippen molar-refractivity contribution in [2.45, 2.75) is 31.5 Å². The van der Waals surface area contributed by atoms with Crippen LogP contribution in [-0.4, -0.2) is 46.8 Å². The number of hydrogen-bond donors (Lipinski definition) is 1. The van der Waals surface area contributed by atoms with Crippen molar-refractivity contribution in [1.82, 2.24) is 14.9 Å². The first-order chi connectivity index (χ1) is 11.1. The van der Waals surface area contributed by atoms with Crippen LogP contribution in [0.1, 0.15) is 23.8 Å². The molecule has 0 fully saturated rings. The lowest BCUT2D eigenvalue weighted by atomic mass is 10.1. The van der Waals surface area contributed by atoms with Crippen molar-refractivity contribution in [3.05, 3.63) is 10.4 Å². The van der Waals surface area contributed by atoms with Crippen molar-refractivity contribution >= 4 is 45.1 Å². The zero-order valence-corrected chi connectivity index (χ0v) is 14.9. The molecule has 1 aliphatic rings. The Hall–Kier alpha value is -1.38. The van der Waals surface area contributed by atoms with Crippen LogP contribution in [0.5, 0.6) is 0 Å². The maximum absolute atomic E-state index is 11.3. The summed E-state index contributed by atoms with van der Waals surface area (Å²) in [6.45, 7) is 5.35. The van der Waals surface area contributed by atoms with E-state index in [1.165, 1.54) is 29.3 Å². The fraction of sp³-hybridized carbons (Fsp3) is 0.533. The van der Waals surface area contributed by atoms with Crippen molar-refractivity contribution < 1.29 is 9.53 Å². The maximum atomic E-state index is 11.3. The fourth-order valence-electron chi connectivity index (χ4n) is 2.81. The Kier molecular flexibility index (Phi) is 5.03. The molecule has 3 rings (SSSR count). The molecule has 0 saturated heterocycles. The first kappa shape index (κ1) is 16.5. The highest BCUT2D eigenvalue weighted by Gasteiger charge is 2.23. The monoisotopic (exact) mass is 352 g/mol. The van der Waals surface area contributed by atoms with Crippen molar-refractivity contribution in [1.29, 1.82) is 0 Å². The number of esters is 1. The molecule has 0 aromatic carbocycles. The number of nitrogen functional groups attached to an aromatic ring is 1. The van der Waals surface area contributed by atoms with Crippen LogP contribution in [-0.2, 0) is 22.5 Å². The van der Waals surface area contributed by atoms with Gasteiger partial charge in [-0.2, -0.15) is 0 Å². The van der Waals surface area contributed by atoms with Crippen LogP contribution in [0.15, 0.2) is 5.16 Å². The molecule has 8 heteroatoms. The number of nitrogens with two attached hydrogens (primary N) is 1. The van der Waals surface area contributed by atoms with Crippen LogP contribution in [0.3, 0.4) is 0 Å². The fourth-order valence-corrected chi connectivity index (χ4v) is 4.82. The Bertz CT molecular complexity index is 732. The van der Waals surface area contributed by atoms with Gasteiger partial charge >= 0.3 is 5.97 Å². The lowest BCUT2D eigenvalue weighted by molar-refractivity contribution is -0.137. The van der Waals surface area contributed by atoms with Gasteiger partial charge in [0.2, 0.25) is 0 Å². The third-order valence-corrected chi connectivity index (χ3v) is 5.80. The number of aromatic nitrogens is 2. The van der Waals surface area contributed by atoms with Gasteiger partial charge in [-0.25, -0.2) is 9.97 Å². The van der Waals surface area contributed by atoms with Gasteiger partial charge in [-0.1, -0.05) is 18.7 Å². The molecule has 3 heterocycles. The topological polar surface area (TPSA) is 81.3 Å². The summed E-state index contributed by atoms with van der Waals surface area (Å²) in [5, 5.41) is 1.54. The molecule has 0 saturated carbocycles. The third kappa shape index (κ3) is 3.44. The molecule has 0 bridgehead atoms. The Balaban J connectivity index is 1.88. The molecule has 1 aliphatic heterocycles. The van der Waals surface area contributed by atoms with Gasteiger partial charge in [-0.3, -0.25) is 9.69 Å². The number of thiophene rings is 1. The second-order valence-electron chi connectivity index (χ2n) is 5.47. The molecule has 0 unspecified atom stereocenters. The summed E-state index contributed by atoms with van der Waals surface area (Å²) in [5.41, 5.74) is 7.48. The summed E-state index contributed by atoms with van der Waals surface area (Å²) < 4.78 is 4.64. The normalized spacial score (nSPS) is 14.9. The van der Waals surface area contributed by atoms with Crippen LogP contribution in [0.25, 0.3) is 10.2 Å². The van der Waals surface area contributed by atoms with E-state index < -0.39 is 0 Å². The van der Waals surface area contributed by atoms with Gasteiger partial charge in [0, 0.05) is 18.0 Å². The van der Waals surface area contributed by atoms with E-state index >= 15 is 0 Å². The summed E-state index contributed by atoms with van der Waals surface area (Å²) >= 11 is 2.95. The number of fused-ring (bicyclic) bond motifs is 3. The lowest BCUT2D eigenvalue weighted by Crippen LogP contribution is -2.30. The molecule has 6 nitrogen and oxygen atoms in total. The largest absolute Gasteiger partial charge is 0.468 e. The van der Waals surface area contributed by atoms with E-state index in [-0.39, 0.29) is 11.7 Å². The van der Waals surface area contributed by atoms with Gasteiger partial charge in [0.25, 0.3) is 0 Å². The number of nitrogens with zero attached hydrogens (tertiary/aromatic N) is 3. The summed E-state index contributed by atoms with van der Waals surface area (Å²) in [7, 11) is 1.37. The molecule has 2 N–H and O–H groups in total. The van der Waals surface area contributed by atoms with Crippen molar-refractivity contribution in [3.63, 3.8) is 0 Å². The Morgan fingerprint density at radius 3 is 3.04 bits per heavy atom. The van der Waals surface area contributed by atoms with E-state index in [1.807, 2.05) is 0 Å². The number of thioether (sulfide) groups is 1. The Labute approximate surface area is 143 Å². The number of carbonyl (C=O) groups excluding carboxylic acids is 1. The summed E-state index contributed by atoms with van der Waals surface area (Å²) in [5.74, 6) is 0.415. The highest BCUT2D eigenvalue weighted by atomic mass is 32.2. The molecule has 0 spiro atoms. The van der Waals surface area contributed by atoms with E-state index in [0.29, 0.717) is 11.0 Å². The summed E-state index contributed by atoms with van der Waals surface area (Å²) in [6, 6.07) is 0. The standard InChI is InChI=1S/C15H20N4O2S2/c1-3-5-19-6-4-9-10(7-19)23-14-12(9)13(16)17-15(18-14)22-8-11(20)21-2/h3-8H2,1-2H3,(H2,16,17,18). The van der Waals surface area contributed by atoms with E-state index in [0.717, 1.165) is 42.7 Å². The summed E-state index contributed by atoms with van der Waals surface area (Å²) in [4.78, 5) is 24.9. The smallest absolute Gasteiger partial charge is 0.316 e. The predicted molar refractivity (Wildman–Crippen MR) is 93.8 cm³/mol. The van der Waals surface area contributed by atoms with Gasteiger partial charge in [0.1, 0.15) is 10.6 Å². The van der Waals surface area contributed by atoms with Crippen LogP contribution in [0.4, 0.5) is 5.82 Å². The lowest BCUT2D eigenvalue weighted by Gasteiger charge is -2.26. The SMILES string of the molecule is CCCN1CCc2c(sc3nc(SCC(=O)OC)nc(N)c23)C1. The third-order valence-electron chi connectivity index (χ3n) is 3.87. The predicted octanol–water partition coefficient (Wildman–Crippen LogP) is 2.31. The van der Waals surface area contributed by atoms with Gasteiger partial charge in [-0.05, 0) is 24.9 Å². The molecule has 0 radical (unpaired) electrons. The quantitative estimate of drug-likeness (QED) is 0.502. The van der Waals surface area contributed by atoms with E-state index in [1.54, 1.807) is 11.3 Å². The van der Waals surface area contributed by atoms with Crippen LogP contribution in [0.2, 0.25) is 0 Å². The molecule has 23 heavy (non-hydrogen) atoms. The minimum Gasteiger partial charge on any atom is -0.468 e. The molecule has 0 aliphatic carbocycles. The van der Waals surface area contributed by atoms with Crippen molar-refractivity contribution in [3.8, 4) is 0 Å². The number of methoxy groups -OCH3 is 1. The minimum atomic E-state index is -0.294. The van der Waals surface area contributed by atoms with Gasteiger partial charge in [-0.15, -0.1) is 11.3 Å². The van der Waals surface area contributed by atoms with Gasteiger partial charge in [0.15, 0.2) is 5.16 Å². The van der Waals surface area contributed by atoms with E-state index in [9.17, 15) is 4.79 Å². The molecule has 0 atom stereocenters. The van der Waals surface area contributed by atoms with E-state index in [4.69, 9.17) is 5.73 Å². The van der Waals surface area contributed by atoms with Crippen LogP contribution < -0.4 is 5.73 Å². The Morgan fingerprint density at radius 1 is 1.48 bits per heavy atom. The van der Waals surface area contributed by atoms with Crippen molar-refractivity contribution in [2.24, 2.45) is 0 Å². The average molecular weight is 352 g/mol. The van der Waals surface area contributed by atoms with E-state index in [2.05, 4.69) is 26.5 Å². The average Bonchev–Trinajstić information content (AvgIpc) is 2.90. The van der Waals surface area contributed by atoms with Crippen molar-refractivity contribution in [2.75, 3.05) is 31.7 Å². The van der Waals surface area contributed by atoms with Gasteiger partial charge in [0.05, 0.1) is 18.2 Å². The highest BCUT2D eigenvalue weighted by Crippen LogP contribution is 2.37. The number of rotatable bonds is 5. The zero-order chi connectivity index (χ0) is 16.4. The molecular weight excluding hydrogens is 332 g/mol. The molecule has 2 aromatic rings. The number of carbonyl (C=O) groups is 1.